The molecule has 0 saturated heterocycles. The SMILES string of the molecule is CC(C)NS(=O)(=O)c1ccc(C(=O)NCC(=O)Nc2ccccc2)cc1. The second kappa shape index (κ2) is 8.59. The van der Waals surface area contributed by atoms with E-state index in [1.807, 2.05) is 6.07 Å². The summed E-state index contributed by atoms with van der Waals surface area (Å²) in [4.78, 5) is 24.0. The van der Waals surface area contributed by atoms with Crippen LogP contribution in [-0.4, -0.2) is 32.8 Å². The number of carbonyl (C=O) groups is 2. The van der Waals surface area contributed by atoms with E-state index in [-0.39, 0.29) is 29.0 Å². The van der Waals surface area contributed by atoms with Crippen LogP contribution in [0.3, 0.4) is 0 Å². The van der Waals surface area contributed by atoms with Gasteiger partial charge in [-0.15, -0.1) is 0 Å². The Morgan fingerprint density at radius 2 is 1.58 bits per heavy atom. The van der Waals surface area contributed by atoms with Crippen LogP contribution in [0.1, 0.15) is 24.2 Å². The smallest absolute Gasteiger partial charge is 0.251 e. The average Bonchev–Trinajstić information content (AvgIpc) is 2.59. The second-order valence-electron chi connectivity index (χ2n) is 5.90. The molecule has 0 atom stereocenters. The number of anilines is 1. The first-order valence-corrected chi connectivity index (χ1v) is 9.52. The molecule has 0 bridgehead atoms. The molecule has 2 amide bonds. The van der Waals surface area contributed by atoms with E-state index in [0.29, 0.717) is 5.69 Å². The Morgan fingerprint density at radius 3 is 2.15 bits per heavy atom. The van der Waals surface area contributed by atoms with Crippen molar-refractivity contribution in [2.45, 2.75) is 24.8 Å². The summed E-state index contributed by atoms with van der Waals surface area (Å²) in [6.07, 6.45) is 0. The van der Waals surface area contributed by atoms with Crippen molar-refractivity contribution in [3.8, 4) is 0 Å². The molecule has 2 rings (SSSR count). The Balaban J connectivity index is 1.92. The molecule has 0 heterocycles. The fourth-order valence-electron chi connectivity index (χ4n) is 2.15. The predicted octanol–water partition coefficient (Wildman–Crippen LogP) is 1.74. The van der Waals surface area contributed by atoms with Crippen LogP contribution in [-0.2, 0) is 14.8 Å². The first kappa shape index (κ1) is 19.6. The van der Waals surface area contributed by atoms with Gasteiger partial charge in [-0.1, -0.05) is 18.2 Å². The van der Waals surface area contributed by atoms with Crippen molar-refractivity contribution in [2.24, 2.45) is 0 Å². The number of para-hydroxylation sites is 1. The molecule has 3 N–H and O–H groups in total. The number of sulfonamides is 1. The highest BCUT2D eigenvalue weighted by molar-refractivity contribution is 7.89. The van der Waals surface area contributed by atoms with Crippen molar-refractivity contribution in [2.75, 3.05) is 11.9 Å². The Kier molecular flexibility index (Phi) is 6.48. The third-order valence-electron chi connectivity index (χ3n) is 3.28. The van der Waals surface area contributed by atoms with E-state index in [2.05, 4.69) is 15.4 Å². The van der Waals surface area contributed by atoms with Crippen LogP contribution in [0.4, 0.5) is 5.69 Å². The van der Waals surface area contributed by atoms with E-state index in [1.165, 1.54) is 24.3 Å². The normalized spacial score (nSPS) is 11.2. The lowest BCUT2D eigenvalue weighted by atomic mass is 10.2. The summed E-state index contributed by atoms with van der Waals surface area (Å²) < 4.78 is 26.6. The van der Waals surface area contributed by atoms with Crippen LogP contribution >= 0.6 is 0 Å². The van der Waals surface area contributed by atoms with Crippen LogP contribution in [0.15, 0.2) is 59.5 Å². The third kappa shape index (κ3) is 5.68. The number of hydrogen-bond acceptors (Lipinski definition) is 4. The van der Waals surface area contributed by atoms with Crippen LogP contribution in [0.5, 0.6) is 0 Å². The highest BCUT2D eigenvalue weighted by atomic mass is 32.2. The lowest BCUT2D eigenvalue weighted by molar-refractivity contribution is -0.115. The van der Waals surface area contributed by atoms with E-state index >= 15 is 0 Å². The monoisotopic (exact) mass is 375 g/mol. The van der Waals surface area contributed by atoms with E-state index in [0.717, 1.165) is 0 Å². The molecule has 8 heteroatoms. The molecular formula is C18H21N3O4S. The third-order valence-corrected chi connectivity index (χ3v) is 4.96. The molecular weight excluding hydrogens is 354 g/mol. The number of nitrogens with one attached hydrogen (secondary N) is 3. The molecule has 0 spiro atoms. The molecule has 0 unspecified atom stereocenters. The summed E-state index contributed by atoms with van der Waals surface area (Å²) in [7, 11) is -3.61. The van der Waals surface area contributed by atoms with Crippen molar-refractivity contribution >= 4 is 27.5 Å². The van der Waals surface area contributed by atoms with Gasteiger partial charge in [-0.05, 0) is 50.2 Å². The molecule has 0 saturated carbocycles. The van der Waals surface area contributed by atoms with Gasteiger partial charge in [0.25, 0.3) is 5.91 Å². The van der Waals surface area contributed by atoms with E-state index in [4.69, 9.17) is 0 Å². The van der Waals surface area contributed by atoms with Gasteiger partial charge in [0.05, 0.1) is 11.4 Å². The van der Waals surface area contributed by atoms with Crippen LogP contribution < -0.4 is 15.4 Å². The summed E-state index contributed by atoms with van der Waals surface area (Å²) in [5.41, 5.74) is 0.903. The minimum atomic E-state index is -3.61. The van der Waals surface area contributed by atoms with E-state index < -0.39 is 15.9 Å². The van der Waals surface area contributed by atoms with Gasteiger partial charge in [0.1, 0.15) is 0 Å². The second-order valence-corrected chi connectivity index (χ2v) is 7.61. The van der Waals surface area contributed by atoms with Gasteiger partial charge in [-0.3, -0.25) is 9.59 Å². The first-order valence-electron chi connectivity index (χ1n) is 8.03. The average molecular weight is 375 g/mol. The molecule has 0 radical (unpaired) electrons. The van der Waals surface area contributed by atoms with Crippen LogP contribution in [0, 0.1) is 0 Å². The van der Waals surface area contributed by atoms with E-state index in [1.54, 1.807) is 38.1 Å². The summed E-state index contributed by atoms with van der Waals surface area (Å²) >= 11 is 0. The maximum Gasteiger partial charge on any atom is 0.251 e. The first-order chi connectivity index (χ1) is 12.3. The highest BCUT2D eigenvalue weighted by Crippen LogP contribution is 2.11. The standard InChI is InChI=1S/C18H21N3O4S/c1-13(2)21-26(24,25)16-10-8-14(9-11-16)18(23)19-12-17(22)20-15-6-4-3-5-7-15/h3-11,13,21H,12H2,1-2H3,(H,19,23)(H,20,22). The quantitative estimate of drug-likeness (QED) is 0.686. The zero-order valence-corrected chi connectivity index (χ0v) is 15.3. The Labute approximate surface area is 152 Å². The minimum absolute atomic E-state index is 0.0737. The maximum absolute atomic E-state index is 12.1. The minimum Gasteiger partial charge on any atom is -0.343 e. The topological polar surface area (TPSA) is 104 Å². The van der Waals surface area contributed by atoms with Crippen molar-refractivity contribution in [3.05, 3.63) is 60.2 Å². The highest BCUT2D eigenvalue weighted by Gasteiger charge is 2.16. The molecule has 0 aliphatic rings. The molecule has 2 aromatic rings. The number of benzene rings is 2. The number of carbonyl (C=O) groups excluding carboxylic acids is 2. The lowest BCUT2D eigenvalue weighted by Gasteiger charge is -2.10. The zero-order chi connectivity index (χ0) is 19.2. The van der Waals surface area contributed by atoms with Gasteiger partial charge in [-0.2, -0.15) is 0 Å². The molecule has 7 nitrogen and oxygen atoms in total. The van der Waals surface area contributed by atoms with Gasteiger partial charge >= 0.3 is 0 Å². The number of hydrogen-bond donors (Lipinski definition) is 3. The Morgan fingerprint density at radius 1 is 0.962 bits per heavy atom. The Hall–Kier alpha value is -2.71. The van der Waals surface area contributed by atoms with Crippen LogP contribution in [0.25, 0.3) is 0 Å². The van der Waals surface area contributed by atoms with Crippen molar-refractivity contribution in [1.82, 2.24) is 10.0 Å². The van der Waals surface area contributed by atoms with Gasteiger partial charge < -0.3 is 10.6 Å². The van der Waals surface area contributed by atoms with Gasteiger partial charge in [0.2, 0.25) is 15.9 Å². The lowest BCUT2D eigenvalue weighted by Crippen LogP contribution is -2.33. The van der Waals surface area contributed by atoms with Gasteiger partial charge in [0, 0.05) is 17.3 Å². The zero-order valence-electron chi connectivity index (χ0n) is 14.5. The van der Waals surface area contributed by atoms with Crippen LogP contribution in [0.2, 0.25) is 0 Å². The van der Waals surface area contributed by atoms with E-state index in [9.17, 15) is 18.0 Å². The van der Waals surface area contributed by atoms with Crippen molar-refractivity contribution < 1.29 is 18.0 Å². The summed E-state index contributed by atoms with van der Waals surface area (Å²) in [5.74, 6) is -0.821. The molecule has 0 aromatic heterocycles. The fourth-order valence-corrected chi connectivity index (χ4v) is 3.40. The molecule has 0 fully saturated rings. The fraction of sp³-hybridized carbons (Fsp3) is 0.222. The predicted molar refractivity (Wildman–Crippen MR) is 99.3 cm³/mol. The molecule has 0 aliphatic carbocycles. The summed E-state index contributed by atoms with van der Waals surface area (Å²) in [6, 6.07) is 14.2. The summed E-state index contributed by atoms with van der Waals surface area (Å²) in [5, 5.41) is 5.15. The molecule has 0 aliphatic heterocycles. The van der Waals surface area contributed by atoms with Gasteiger partial charge in [-0.25, -0.2) is 13.1 Å². The molecule has 26 heavy (non-hydrogen) atoms. The van der Waals surface area contributed by atoms with Crippen molar-refractivity contribution in [3.63, 3.8) is 0 Å². The summed E-state index contributed by atoms with van der Waals surface area (Å²) in [6.45, 7) is 3.25. The number of amides is 2. The van der Waals surface area contributed by atoms with Crippen molar-refractivity contribution in [1.29, 1.82) is 0 Å². The molecule has 2 aromatic carbocycles. The molecule has 138 valence electrons. The maximum atomic E-state index is 12.1. The van der Waals surface area contributed by atoms with Gasteiger partial charge in [0.15, 0.2) is 0 Å². The largest absolute Gasteiger partial charge is 0.343 e. The Bertz CT molecular complexity index is 863. The number of rotatable bonds is 7.